The summed E-state index contributed by atoms with van der Waals surface area (Å²) in [7, 11) is 16.7. The van der Waals surface area contributed by atoms with Gasteiger partial charge in [-0.05, 0) is 60.7 Å². The monoisotopic (exact) mass is 864 g/mol. The van der Waals surface area contributed by atoms with Gasteiger partial charge < -0.3 is 24.5 Å². The summed E-state index contributed by atoms with van der Waals surface area (Å²) in [6.07, 6.45) is 0. The molecular weight excluding hydrogens is 836 g/mol. The molecule has 0 spiro atoms. The molecule has 0 saturated carbocycles. The maximum atomic E-state index is 11.2. The van der Waals surface area contributed by atoms with Crippen molar-refractivity contribution in [3.8, 4) is 0 Å². The maximum absolute atomic E-state index is 11.2. The number of hydrogen-bond donors (Lipinski definition) is 0. The number of fused-ring (bicyclic) bond motifs is 5. The van der Waals surface area contributed by atoms with Crippen LogP contribution in [0.2, 0.25) is 0 Å². The van der Waals surface area contributed by atoms with E-state index < -0.39 is 0 Å². The van der Waals surface area contributed by atoms with Crippen molar-refractivity contribution in [2.24, 2.45) is 0 Å². The van der Waals surface area contributed by atoms with Gasteiger partial charge >= 0.3 is 0 Å². The minimum Gasteiger partial charge on any atom is -0.430 e. The van der Waals surface area contributed by atoms with Gasteiger partial charge in [0.15, 0.2) is 0 Å². The van der Waals surface area contributed by atoms with E-state index in [-0.39, 0.29) is 78.5 Å². The molecule has 0 unspecified atom stereocenters. The molecule has 10 amide bonds. The molecule has 0 radical (unpaired) electrons. The second-order valence-corrected chi connectivity index (χ2v) is 12.9. The quantitative estimate of drug-likeness (QED) is 0.111. The zero-order valence-electron chi connectivity index (χ0n) is 32.1. The van der Waals surface area contributed by atoms with Crippen LogP contribution in [0.5, 0.6) is 0 Å². The Morgan fingerprint density at radius 3 is 0.377 bits per heavy atom. The summed E-state index contributed by atoms with van der Waals surface area (Å²) in [6.45, 7) is 0. The molecule has 5 aromatic rings. The van der Waals surface area contributed by atoms with E-state index in [1.165, 1.54) is 0 Å². The predicted octanol–water partition coefficient (Wildman–Crippen LogP) is 5.37. The average molecular weight is 866 g/mol. The van der Waals surface area contributed by atoms with Crippen LogP contribution in [-0.4, -0.2) is 83.6 Å². The van der Waals surface area contributed by atoms with Crippen LogP contribution in [0.15, 0.2) is 121 Å². The van der Waals surface area contributed by atoms with Gasteiger partial charge in [0.1, 0.15) is 0 Å². The van der Waals surface area contributed by atoms with Crippen molar-refractivity contribution in [1.29, 1.82) is 0 Å². The van der Waals surface area contributed by atoms with Crippen LogP contribution >= 0.6 is 0 Å². The van der Waals surface area contributed by atoms with Gasteiger partial charge in [-0.3, -0.25) is 47.9 Å². The molecule has 0 fully saturated rings. The van der Waals surface area contributed by atoms with E-state index >= 15 is 0 Å². The summed E-state index contributed by atoms with van der Waals surface area (Å²) in [5.74, 6) is -3.24. The third-order valence-corrected chi connectivity index (χ3v) is 9.39. The zero-order valence-corrected chi connectivity index (χ0v) is 35.1. The third-order valence-electron chi connectivity index (χ3n) is 9.39. The third kappa shape index (κ3) is 8.21. The van der Waals surface area contributed by atoms with E-state index in [2.05, 4.69) is 35.2 Å². The number of carbonyl (C=O) groups excluding carboxylic acids is 10. The van der Waals surface area contributed by atoms with Crippen LogP contribution < -0.4 is 0 Å². The van der Waals surface area contributed by atoms with Gasteiger partial charge in [0, 0.05) is 75.1 Å². The number of benzene rings is 5. The fraction of sp³-hybridized carbons (Fsp3) is 0. The molecule has 61 heavy (non-hydrogen) atoms. The molecule has 5 aliphatic rings. The fourth-order valence-corrected chi connectivity index (χ4v) is 6.20. The number of amides is 10. The van der Waals surface area contributed by atoms with Crippen molar-refractivity contribution in [3.63, 3.8) is 0 Å². The first kappa shape index (κ1) is 44.5. The van der Waals surface area contributed by atoms with Gasteiger partial charge in [0.25, 0.3) is 0 Å². The second-order valence-electron chi connectivity index (χ2n) is 12.9. The Balaban J connectivity index is 0.000000144. The van der Waals surface area contributed by atoms with E-state index in [0.717, 1.165) is 24.5 Å². The van der Waals surface area contributed by atoms with Crippen LogP contribution in [0.25, 0.3) is 0 Å². The van der Waals surface area contributed by atoms with Gasteiger partial charge in [-0.1, -0.05) is 60.7 Å². The van der Waals surface area contributed by atoms with Crippen molar-refractivity contribution >= 4 is 59.1 Å². The standard InChI is InChI=1S/5C9H6NO2.Zn/c5*1-10-8(11)6-4-2-3-5-7(6)9(10)12;/h5*2-5H,1H2;/q5*-1;. The molecule has 0 saturated heterocycles. The zero-order chi connectivity index (χ0) is 43.6. The minimum absolute atomic E-state index is 0. The van der Waals surface area contributed by atoms with Crippen molar-refractivity contribution in [3.05, 3.63) is 212 Å². The normalized spacial score (nSPS) is 15.0. The Kier molecular flexibility index (Phi) is 13.2. The summed E-state index contributed by atoms with van der Waals surface area (Å²) in [4.78, 5) is 117. The van der Waals surface area contributed by atoms with Crippen LogP contribution in [-0.2, 0) is 19.5 Å². The maximum Gasteiger partial charge on any atom is 0.231 e. The Labute approximate surface area is 361 Å². The number of rotatable bonds is 0. The SMILES string of the molecule is [CH2-]N1C(=O)c2ccccc2C1=O.[CH2-]N1C(=O)c2ccccc2C1=O.[CH2-]N1C(=O)c2ccccc2C1=O.[CH2-]N1C(=O)c2ccccc2C1=O.[CH2-]N1C(=O)c2ccccc2C1=O.[Zn]. The summed E-state index contributed by atoms with van der Waals surface area (Å²) >= 11 is 0. The molecular formula is C45H30N5O10Zn-5. The average Bonchev–Trinajstić information content (AvgIpc) is 3.91. The van der Waals surface area contributed by atoms with Gasteiger partial charge in [0.05, 0.1) is 0 Å². The van der Waals surface area contributed by atoms with Gasteiger partial charge in [-0.25, -0.2) is 35.2 Å². The molecule has 0 N–H and O–H groups in total. The van der Waals surface area contributed by atoms with Gasteiger partial charge in [-0.2, -0.15) is 0 Å². The first-order valence-electron chi connectivity index (χ1n) is 17.5. The number of carbonyl (C=O) groups is 10. The van der Waals surface area contributed by atoms with Crippen molar-refractivity contribution in [2.75, 3.05) is 0 Å². The van der Waals surface area contributed by atoms with Crippen LogP contribution in [0, 0.1) is 35.2 Å². The fourth-order valence-electron chi connectivity index (χ4n) is 6.20. The molecule has 5 aliphatic heterocycles. The topological polar surface area (TPSA) is 187 Å². The molecule has 5 heterocycles. The van der Waals surface area contributed by atoms with Gasteiger partial charge in [0.2, 0.25) is 59.1 Å². The summed E-state index contributed by atoms with van der Waals surface area (Å²) < 4.78 is 0. The van der Waals surface area contributed by atoms with E-state index in [1.54, 1.807) is 121 Å². The van der Waals surface area contributed by atoms with E-state index in [1.807, 2.05) is 0 Å². The van der Waals surface area contributed by atoms with Crippen LogP contribution in [0.3, 0.4) is 0 Å². The molecule has 15 nitrogen and oxygen atoms in total. The van der Waals surface area contributed by atoms with Gasteiger partial charge in [-0.15, -0.1) is 0 Å². The summed E-state index contributed by atoms with van der Waals surface area (Å²) in [6, 6.07) is 33.5. The number of nitrogens with zero attached hydrogens (tertiary/aromatic N) is 5. The van der Waals surface area contributed by atoms with E-state index in [4.69, 9.17) is 0 Å². The predicted molar refractivity (Wildman–Crippen MR) is 211 cm³/mol. The van der Waals surface area contributed by atoms with Crippen LogP contribution in [0.1, 0.15) is 104 Å². The van der Waals surface area contributed by atoms with Crippen molar-refractivity contribution in [1.82, 2.24) is 24.5 Å². The Hall–Kier alpha value is -7.58. The Bertz CT molecular complexity index is 2110. The Morgan fingerprint density at radius 2 is 0.295 bits per heavy atom. The molecule has 16 heteroatoms. The molecule has 10 rings (SSSR count). The number of imide groups is 5. The first-order valence-corrected chi connectivity index (χ1v) is 17.5. The van der Waals surface area contributed by atoms with E-state index in [9.17, 15) is 47.9 Å². The summed E-state index contributed by atoms with van der Waals surface area (Å²) in [5, 5.41) is 0. The molecule has 302 valence electrons. The van der Waals surface area contributed by atoms with Crippen molar-refractivity contribution in [2.45, 2.75) is 0 Å². The number of hydrogen-bond acceptors (Lipinski definition) is 10. The molecule has 0 aliphatic carbocycles. The molecule has 0 bridgehead atoms. The smallest absolute Gasteiger partial charge is 0.231 e. The first-order chi connectivity index (χ1) is 28.6. The largest absolute Gasteiger partial charge is 0.430 e. The second kappa shape index (κ2) is 18.1. The summed E-state index contributed by atoms with van der Waals surface area (Å²) in [5.41, 5.74) is 4.42. The Morgan fingerprint density at radius 1 is 0.213 bits per heavy atom. The minimum atomic E-state index is -0.324. The molecule has 0 aromatic heterocycles. The molecule has 5 aromatic carbocycles. The van der Waals surface area contributed by atoms with Crippen molar-refractivity contribution < 1.29 is 67.4 Å². The van der Waals surface area contributed by atoms with E-state index in [0.29, 0.717) is 55.6 Å². The van der Waals surface area contributed by atoms with Crippen LogP contribution in [0.4, 0.5) is 0 Å². The molecule has 0 atom stereocenters.